The van der Waals surface area contributed by atoms with Crippen molar-refractivity contribution in [3.63, 3.8) is 0 Å². The standard InChI is InChI=1S/C10H17N3O2.2C2H6/c14-9-12-5-10(15-9)6-13(7-10)8-1-3-11-4-2-8;2*1-2/h8,11H,1-7H2,(H,12,14);2*1-2H3. The van der Waals surface area contributed by atoms with E-state index in [2.05, 4.69) is 15.5 Å². The van der Waals surface area contributed by atoms with Crippen LogP contribution in [0, 0.1) is 0 Å². The fourth-order valence-electron chi connectivity index (χ4n) is 2.80. The highest BCUT2D eigenvalue weighted by Crippen LogP contribution is 2.31. The zero-order chi connectivity index (χ0) is 14.3. The van der Waals surface area contributed by atoms with Gasteiger partial charge in [0.05, 0.1) is 6.54 Å². The molecule has 0 aliphatic carbocycles. The summed E-state index contributed by atoms with van der Waals surface area (Å²) in [5.41, 5.74) is -0.193. The number of carbonyl (C=O) groups excluding carboxylic acids is 1. The summed E-state index contributed by atoms with van der Waals surface area (Å²) in [5, 5.41) is 6.10. The third-order valence-corrected chi connectivity index (χ3v) is 3.67. The molecule has 5 heteroatoms. The Balaban J connectivity index is 0.000000415. The van der Waals surface area contributed by atoms with Crippen molar-refractivity contribution in [3.8, 4) is 0 Å². The molecule has 5 nitrogen and oxygen atoms in total. The predicted octanol–water partition coefficient (Wildman–Crippen LogP) is 1.59. The Morgan fingerprint density at radius 3 is 2.21 bits per heavy atom. The average molecular weight is 271 g/mol. The molecule has 0 aromatic heterocycles. The number of carbonyl (C=O) groups is 1. The summed E-state index contributed by atoms with van der Waals surface area (Å²) in [7, 11) is 0. The monoisotopic (exact) mass is 271 g/mol. The van der Waals surface area contributed by atoms with Crippen LogP contribution in [0.3, 0.4) is 0 Å². The second kappa shape index (κ2) is 7.70. The maximum Gasteiger partial charge on any atom is 0.407 e. The quantitative estimate of drug-likeness (QED) is 0.760. The number of piperidine rings is 1. The van der Waals surface area contributed by atoms with Crippen LogP contribution in [0.4, 0.5) is 4.79 Å². The lowest BCUT2D eigenvalue weighted by atomic mass is 9.90. The van der Waals surface area contributed by atoms with Gasteiger partial charge in [0, 0.05) is 19.1 Å². The molecule has 0 saturated carbocycles. The number of ether oxygens (including phenoxy) is 1. The van der Waals surface area contributed by atoms with Crippen molar-refractivity contribution in [3.05, 3.63) is 0 Å². The zero-order valence-corrected chi connectivity index (χ0v) is 12.8. The number of hydrogen-bond donors (Lipinski definition) is 2. The van der Waals surface area contributed by atoms with E-state index in [1.165, 1.54) is 12.8 Å². The fraction of sp³-hybridized carbons (Fsp3) is 0.929. The Hall–Kier alpha value is -0.810. The molecule has 0 aromatic carbocycles. The number of amides is 1. The van der Waals surface area contributed by atoms with E-state index in [1.54, 1.807) is 0 Å². The summed E-state index contributed by atoms with van der Waals surface area (Å²) in [5.74, 6) is 0. The lowest BCUT2D eigenvalue weighted by Crippen LogP contribution is -2.67. The van der Waals surface area contributed by atoms with E-state index in [0.29, 0.717) is 12.6 Å². The first-order valence-electron chi connectivity index (χ1n) is 7.69. The summed E-state index contributed by atoms with van der Waals surface area (Å²) in [6.07, 6.45) is 2.19. The van der Waals surface area contributed by atoms with Crippen molar-refractivity contribution in [1.82, 2.24) is 15.5 Å². The van der Waals surface area contributed by atoms with Gasteiger partial charge in [-0.2, -0.15) is 0 Å². The minimum atomic E-state index is -0.250. The molecule has 3 aliphatic rings. The molecule has 1 spiro atoms. The van der Waals surface area contributed by atoms with E-state index in [4.69, 9.17) is 4.74 Å². The van der Waals surface area contributed by atoms with E-state index in [0.717, 1.165) is 26.2 Å². The summed E-state index contributed by atoms with van der Waals surface area (Å²) >= 11 is 0. The summed E-state index contributed by atoms with van der Waals surface area (Å²) in [6, 6.07) is 0.691. The van der Waals surface area contributed by atoms with Crippen LogP contribution in [-0.4, -0.2) is 55.4 Å². The summed E-state index contributed by atoms with van der Waals surface area (Å²) < 4.78 is 5.30. The maximum atomic E-state index is 11.0. The van der Waals surface area contributed by atoms with E-state index in [-0.39, 0.29) is 11.7 Å². The van der Waals surface area contributed by atoms with E-state index in [1.807, 2.05) is 27.7 Å². The molecule has 3 rings (SSSR count). The van der Waals surface area contributed by atoms with Crippen molar-refractivity contribution in [2.75, 3.05) is 32.7 Å². The van der Waals surface area contributed by atoms with Crippen LogP contribution in [0.2, 0.25) is 0 Å². The van der Waals surface area contributed by atoms with Crippen LogP contribution in [0.25, 0.3) is 0 Å². The van der Waals surface area contributed by atoms with Crippen molar-refractivity contribution in [2.45, 2.75) is 52.2 Å². The largest absolute Gasteiger partial charge is 0.438 e. The van der Waals surface area contributed by atoms with Gasteiger partial charge < -0.3 is 15.4 Å². The van der Waals surface area contributed by atoms with Gasteiger partial charge in [-0.05, 0) is 25.9 Å². The minimum absolute atomic E-state index is 0.193. The van der Waals surface area contributed by atoms with Gasteiger partial charge in [0.2, 0.25) is 0 Å². The highest BCUT2D eigenvalue weighted by atomic mass is 16.6. The molecule has 3 saturated heterocycles. The molecule has 112 valence electrons. The van der Waals surface area contributed by atoms with E-state index < -0.39 is 0 Å². The average Bonchev–Trinajstić information content (AvgIpc) is 2.85. The Bertz CT molecular complexity index is 272. The highest BCUT2D eigenvalue weighted by molar-refractivity contribution is 5.70. The summed E-state index contributed by atoms with van der Waals surface area (Å²) in [4.78, 5) is 13.4. The number of nitrogens with zero attached hydrogens (tertiary/aromatic N) is 1. The van der Waals surface area contributed by atoms with Gasteiger partial charge in [0.15, 0.2) is 5.60 Å². The third kappa shape index (κ3) is 3.83. The lowest BCUT2D eigenvalue weighted by molar-refractivity contribution is -0.0957. The van der Waals surface area contributed by atoms with Gasteiger partial charge in [-0.25, -0.2) is 4.79 Å². The van der Waals surface area contributed by atoms with Gasteiger partial charge in [-0.3, -0.25) is 4.90 Å². The Morgan fingerprint density at radius 2 is 1.74 bits per heavy atom. The van der Waals surface area contributed by atoms with Crippen LogP contribution in [0.1, 0.15) is 40.5 Å². The van der Waals surface area contributed by atoms with Gasteiger partial charge in [-0.1, -0.05) is 27.7 Å². The van der Waals surface area contributed by atoms with Crippen LogP contribution in [0.5, 0.6) is 0 Å². The molecule has 1 amide bonds. The number of nitrogens with one attached hydrogen (secondary N) is 2. The zero-order valence-electron chi connectivity index (χ0n) is 12.8. The second-order valence-electron chi connectivity index (χ2n) is 4.81. The number of alkyl carbamates (subject to hydrolysis) is 1. The molecule has 0 atom stereocenters. The van der Waals surface area contributed by atoms with Gasteiger partial charge in [0.25, 0.3) is 0 Å². The first-order chi connectivity index (χ1) is 9.27. The van der Waals surface area contributed by atoms with Gasteiger partial charge in [0.1, 0.15) is 0 Å². The Kier molecular flexibility index (Phi) is 6.58. The first kappa shape index (κ1) is 16.2. The first-order valence-corrected chi connectivity index (χ1v) is 7.69. The molecule has 0 radical (unpaired) electrons. The molecule has 3 fully saturated rings. The lowest BCUT2D eigenvalue weighted by Gasteiger charge is -2.50. The van der Waals surface area contributed by atoms with Crippen molar-refractivity contribution >= 4 is 6.09 Å². The SMILES string of the molecule is CC.CC.O=C1NCC2(CN(C3CCNCC3)C2)O1. The molecular formula is C14H29N3O2. The molecule has 3 heterocycles. The van der Waals surface area contributed by atoms with Crippen LogP contribution in [-0.2, 0) is 4.74 Å². The second-order valence-corrected chi connectivity index (χ2v) is 4.81. The van der Waals surface area contributed by atoms with Crippen LogP contribution in [0.15, 0.2) is 0 Å². The molecular weight excluding hydrogens is 242 g/mol. The molecule has 3 aliphatic heterocycles. The van der Waals surface area contributed by atoms with E-state index in [9.17, 15) is 4.79 Å². The number of rotatable bonds is 1. The molecule has 19 heavy (non-hydrogen) atoms. The van der Waals surface area contributed by atoms with Crippen LogP contribution < -0.4 is 10.6 Å². The molecule has 0 aromatic rings. The predicted molar refractivity (Wildman–Crippen MR) is 77.4 cm³/mol. The van der Waals surface area contributed by atoms with Crippen molar-refractivity contribution in [2.24, 2.45) is 0 Å². The van der Waals surface area contributed by atoms with Gasteiger partial charge >= 0.3 is 6.09 Å². The maximum absolute atomic E-state index is 11.0. The highest BCUT2D eigenvalue weighted by Gasteiger charge is 2.52. The smallest absolute Gasteiger partial charge is 0.407 e. The van der Waals surface area contributed by atoms with Gasteiger partial charge in [-0.15, -0.1) is 0 Å². The third-order valence-electron chi connectivity index (χ3n) is 3.67. The van der Waals surface area contributed by atoms with Crippen molar-refractivity contribution < 1.29 is 9.53 Å². The van der Waals surface area contributed by atoms with E-state index >= 15 is 0 Å². The number of likely N-dealkylation sites (tertiary alicyclic amines) is 1. The fourth-order valence-corrected chi connectivity index (χ4v) is 2.80. The molecule has 0 bridgehead atoms. The van der Waals surface area contributed by atoms with Crippen LogP contribution >= 0.6 is 0 Å². The molecule has 0 unspecified atom stereocenters. The van der Waals surface area contributed by atoms with Crippen molar-refractivity contribution in [1.29, 1.82) is 0 Å². The topological polar surface area (TPSA) is 53.6 Å². The minimum Gasteiger partial charge on any atom is -0.438 e. The Labute approximate surface area is 117 Å². The molecule has 2 N–H and O–H groups in total. The summed E-state index contributed by atoms with van der Waals surface area (Å²) in [6.45, 7) is 12.7. The Morgan fingerprint density at radius 1 is 1.16 bits per heavy atom. The normalized spacial score (nSPS) is 25.2. The number of hydrogen-bond acceptors (Lipinski definition) is 4.